The SMILES string of the molecule is CC1CC(C(=O)O)CN(C(=O)CN2CCCCC2=O)C1. The second kappa shape index (κ2) is 6.24. The third kappa shape index (κ3) is 3.49. The zero-order valence-corrected chi connectivity index (χ0v) is 11.9. The first kappa shape index (κ1) is 14.8. The molecule has 0 aromatic rings. The van der Waals surface area contributed by atoms with Gasteiger partial charge in [-0.3, -0.25) is 14.4 Å². The second-order valence-corrected chi connectivity index (χ2v) is 5.95. The van der Waals surface area contributed by atoms with E-state index in [9.17, 15) is 14.4 Å². The highest BCUT2D eigenvalue weighted by Crippen LogP contribution is 2.22. The van der Waals surface area contributed by atoms with E-state index in [0.717, 1.165) is 12.8 Å². The molecule has 2 rings (SSSR count). The van der Waals surface area contributed by atoms with Crippen LogP contribution < -0.4 is 0 Å². The van der Waals surface area contributed by atoms with E-state index in [2.05, 4.69) is 0 Å². The number of carboxylic acid groups (broad SMARTS) is 1. The molecule has 6 nitrogen and oxygen atoms in total. The molecule has 0 bridgehead atoms. The first-order valence-electron chi connectivity index (χ1n) is 7.25. The lowest BCUT2D eigenvalue weighted by atomic mass is 9.90. The average molecular weight is 282 g/mol. The van der Waals surface area contributed by atoms with Crippen molar-refractivity contribution in [2.75, 3.05) is 26.2 Å². The summed E-state index contributed by atoms with van der Waals surface area (Å²) in [7, 11) is 0. The first-order chi connectivity index (χ1) is 9.47. The predicted octanol–water partition coefficient (Wildman–Crippen LogP) is 0.568. The van der Waals surface area contributed by atoms with Crippen LogP contribution in [-0.4, -0.2) is 58.9 Å². The maximum absolute atomic E-state index is 12.3. The third-order valence-corrected chi connectivity index (χ3v) is 4.11. The summed E-state index contributed by atoms with van der Waals surface area (Å²) < 4.78 is 0. The minimum Gasteiger partial charge on any atom is -0.481 e. The molecule has 0 saturated carbocycles. The molecule has 2 aliphatic rings. The van der Waals surface area contributed by atoms with E-state index in [-0.39, 0.29) is 30.8 Å². The number of carboxylic acids is 1. The van der Waals surface area contributed by atoms with Crippen molar-refractivity contribution in [3.05, 3.63) is 0 Å². The van der Waals surface area contributed by atoms with E-state index < -0.39 is 11.9 Å². The van der Waals surface area contributed by atoms with Crippen LogP contribution in [0, 0.1) is 11.8 Å². The van der Waals surface area contributed by atoms with Crippen LogP contribution >= 0.6 is 0 Å². The summed E-state index contributed by atoms with van der Waals surface area (Å²) in [5.41, 5.74) is 0. The smallest absolute Gasteiger partial charge is 0.308 e. The van der Waals surface area contributed by atoms with Crippen LogP contribution in [0.25, 0.3) is 0 Å². The fourth-order valence-electron chi connectivity index (χ4n) is 3.03. The quantitative estimate of drug-likeness (QED) is 0.821. The number of likely N-dealkylation sites (tertiary alicyclic amines) is 2. The van der Waals surface area contributed by atoms with Crippen molar-refractivity contribution in [1.82, 2.24) is 9.80 Å². The Bertz CT molecular complexity index is 410. The Hall–Kier alpha value is -1.59. The molecule has 1 N–H and O–H groups in total. The molecule has 2 fully saturated rings. The fourth-order valence-corrected chi connectivity index (χ4v) is 3.03. The zero-order valence-electron chi connectivity index (χ0n) is 11.9. The van der Waals surface area contributed by atoms with Crippen molar-refractivity contribution in [2.24, 2.45) is 11.8 Å². The molecule has 0 radical (unpaired) electrons. The van der Waals surface area contributed by atoms with Crippen LogP contribution in [0.15, 0.2) is 0 Å². The van der Waals surface area contributed by atoms with Crippen LogP contribution in [0.3, 0.4) is 0 Å². The molecule has 0 aromatic carbocycles. The molecule has 20 heavy (non-hydrogen) atoms. The van der Waals surface area contributed by atoms with Crippen LogP contribution in [0.1, 0.15) is 32.6 Å². The maximum Gasteiger partial charge on any atom is 0.308 e. The van der Waals surface area contributed by atoms with Gasteiger partial charge in [-0.05, 0) is 25.2 Å². The summed E-state index contributed by atoms with van der Waals surface area (Å²) in [6.07, 6.45) is 2.96. The van der Waals surface area contributed by atoms with Gasteiger partial charge >= 0.3 is 5.97 Å². The average Bonchev–Trinajstić information content (AvgIpc) is 2.40. The summed E-state index contributed by atoms with van der Waals surface area (Å²) in [5.74, 6) is -1.24. The molecule has 2 aliphatic heterocycles. The standard InChI is InChI=1S/C14H22N2O4/c1-10-6-11(14(19)20)8-16(7-10)13(18)9-15-5-3-2-4-12(15)17/h10-11H,2-9H2,1H3,(H,19,20). The maximum atomic E-state index is 12.3. The van der Waals surface area contributed by atoms with Crippen molar-refractivity contribution >= 4 is 17.8 Å². The molecule has 2 unspecified atom stereocenters. The zero-order chi connectivity index (χ0) is 14.7. The Morgan fingerprint density at radius 3 is 2.70 bits per heavy atom. The van der Waals surface area contributed by atoms with Crippen LogP contribution in [-0.2, 0) is 14.4 Å². The van der Waals surface area contributed by atoms with E-state index in [1.54, 1.807) is 9.80 Å². The van der Waals surface area contributed by atoms with Gasteiger partial charge in [0.25, 0.3) is 0 Å². The van der Waals surface area contributed by atoms with Gasteiger partial charge in [-0.1, -0.05) is 6.92 Å². The van der Waals surface area contributed by atoms with Gasteiger partial charge in [-0.15, -0.1) is 0 Å². The van der Waals surface area contributed by atoms with Gasteiger partial charge in [-0.25, -0.2) is 0 Å². The van der Waals surface area contributed by atoms with Gasteiger partial charge in [0, 0.05) is 26.1 Å². The molecule has 0 aromatic heterocycles. The van der Waals surface area contributed by atoms with E-state index in [0.29, 0.717) is 25.9 Å². The largest absolute Gasteiger partial charge is 0.481 e. The Morgan fingerprint density at radius 1 is 1.30 bits per heavy atom. The Morgan fingerprint density at radius 2 is 2.05 bits per heavy atom. The van der Waals surface area contributed by atoms with Gasteiger partial charge in [0.05, 0.1) is 12.5 Å². The summed E-state index contributed by atoms with van der Waals surface area (Å²) in [4.78, 5) is 38.3. The minimum atomic E-state index is -0.844. The van der Waals surface area contributed by atoms with Crippen molar-refractivity contribution in [1.29, 1.82) is 0 Å². The third-order valence-electron chi connectivity index (χ3n) is 4.11. The number of carbonyl (C=O) groups excluding carboxylic acids is 2. The molecular weight excluding hydrogens is 260 g/mol. The Balaban J connectivity index is 1.94. The molecule has 2 saturated heterocycles. The molecular formula is C14H22N2O4. The molecule has 2 heterocycles. The van der Waals surface area contributed by atoms with Gasteiger partial charge < -0.3 is 14.9 Å². The summed E-state index contributed by atoms with van der Waals surface area (Å²) >= 11 is 0. The molecule has 2 amide bonds. The highest BCUT2D eigenvalue weighted by Gasteiger charge is 2.33. The fraction of sp³-hybridized carbons (Fsp3) is 0.786. The van der Waals surface area contributed by atoms with Crippen molar-refractivity contribution in [3.63, 3.8) is 0 Å². The molecule has 2 atom stereocenters. The van der Waals surface area contributed by atoms with E-state index in [1.165, 1.54) is 0 Å². The normalized spacial score (nSPS) is 27.6. The van der Waals surface area contributed by atoms with Crippen molar-refractivity contribution in [2.45, 2.75) is 32.6 Å². The number of piperidine rings is 2. The predicted molar refractivity (Wildman–Crippen MR) is 71.9 cm³/mol. The number of carbonyl (C=O) groups is 3. The number of nitrogens with zero attached hydrogens (tertiary/aromatic N) is 2. The summed E-state index contributed by atoms with van der Waals surface area (Å²) in [6, 6.07) is 0. The number of hydrogen-bond acceptors (Lipinski definition) is 3. The lowest BCUT2D eigenvalue weighted by Crippen LogP contribution is -2.50. The highest BCUT2D eigenvalue weighted by atomic mass is 16.4. The lowest BCUT2D eigenvalue weighted by molar-refractivity contribution is -0.149. The monoisotopic (exact) mass is 282 g/mol. The number of rotatable bonds is 3. The van der Waals surface area contributed by atoms with Crippen molar-refractivity contribution in [3.8, 4) is 0 Å². The van der Waals surface area contributed by atoms with Gasteiger partial charge in [0.15, 0.2) is 0 Å². The molecule has 112 valence electrons. The Labute approximate surface area is 118 Å². The molecule has 6 heteroatoms. The first-order valence-corrected chi connectivity index (χ1v) is 7.25. The second-order valence-electron chi connectivity index (χ2n) is 5.95. The van der Waals surface area contributed by atoms with Crippen molar-refractivity contribution < 1.29 is 19.5 Å². The van der Waals surface area contributed by atoms with Gasteiger partial charge in [-0.2, -0.15) is 0 Å². The van der Waals surface area contributed by atoms with Crippen LogP contribution in [0.5, 0.6) is 0 Å². The van der Waals surface area contributed by atoms with Crippen LogP contribution in [0.2, 0.25) is 0 Å². The minimum absolute atomic E-state index is 0.0319. The van der Waals surface area contributed by atoms with E-state index >= 15 is 0 Å². The number of aliphatic carboxylic acids is 1. The number of hydrogen-bond donors (Lipinski definition) is 1. The van der Waals surface area contributed by atoms with Gasteiger partial charge in [0.1, 0.15) is 0 Å². The van der Waals surface area contributed by atoms with Gasteiger partial charge in [0.2, 0.25) is 11.8 Å². The van der Waals surface area contributed by atoms with E-state index in [4.69, 9.17) is 5.11 Å². The number of amides is 2. The lowest BCUT2D eigenvalue weighted by Gasteiger charge is -2.36. The molecule has 0 spiro atoms. The highest BCUT2D eigenvalue weighted by molar-refractivity contribution is 5.85. The topological polar surface area (TPSA) is 77.9 Å². The summed E-state index contributed by atoms with van der Waals surface area (Å²) in [5, 5.41) is 9.12. The Kier molecular flexibility index (Phi) is 4.62. The van der Waals surface area contributed by atoms with E-state index in [1.807, 2.05) is 6.92 Å². The summed E-state index contributed by atoms with van der Waals surface area (Å²) in [6.45, 7) is 3.54. The van der Waals surface area contributed by atoms with Crippen LogP contribution in [0.4, 0.5) is 0 Å². The molecule has 0 aliphatic carbocycles.